The molecule has 0 aliphatic carbocycles. The van der Waals surface area contributed by atoms with Crippen molar-refractivity contribution in [2.45, 2.75) is 0 Å². The Morgan fingerprint density at radius 2 is 0.788 bits per heavy atom. The molecule has 0 aliphatic heterocycles. The number of fused-ring (bicyclic) bond motifs is 4. The maximum Gasteiger partial charge on any atom is 0.0540 e. The van der Waals surface area contributed by atoms with Crippen molar-refractivity contribution < 1.29 is 0 Å². The highest BCUT2D eigenvalue weighted by Crippen LogP contribution is 2.47. The van der Waals surface area contributed by atoms with Gasteiger partial charge in [0.05, 0.1) is 5.69 Å². The van der Waals surface area contributed by atoms with E-state index in [0.717, 1.165) is 28.2 Å². The molecule has 66 heavy (non-hydrogen) atoms. The maximum atomic E-state index is 2.45. The predicted octanol–water partition coefficient (Wildman–Crippen LogP) is 18.7. The minimum Gasteiger partial charge on any atom is -0.310 e. The van der Waals surface area contributed by atoms with Gasteiger partial charge in [-0.05, 0) is 121 Å². The van der Waals surface area contributed by atoms with E-state index in [1.165, 1.54) is 86.6 Å². The van der Waals surface area contributed by atoms with E-state index < -0.39 is 0 Å². The summed E-state index contributed by atoms with van der Waals surface area (Å²) in [5, 5.41) is 5.07. The monoisotopic (exact) mass is 857 g/mol. The van der Waals surface area contributed by atoms with E-state index in [1.807, 2.05) is 11.3 Å². The van der Waals surface area contributed by atoms with Crippen molar-refractivity contribution in [1.29, 1.82) is 0 Å². The molecule has 0 radical (unpaired) electrons. The normalized spacial score (nSPS) is 11.3. The molecule has 11 aromatic carbocycles. The third-order valence-corrected chi connectivity index (χ3v) is 14.0. The number of para-hydroxylation sites is 1. The second-order valence-corrected chi connectivity index (χ2v) is 17.9. The molecule has 0 saturated carbocycles. The summed E-state index contributed by atoms with van der Waals surface area (Å²) in [5.41, 5.74) is 17.7. The highest BCUT2D eigenvalue weighted by Gasteiger charge is 2.21. The summed E-state index contributed by atoms with van der Waals surface area (Å²) in [6.07, 6.45) is 0. The summed E-state index contributed by atoms with van der Waals surface area (Å²) in [6, 6.07) is 95.2. The van der Waals surface area contributed by atoms with Gasteiger partial charge in [0.25, 0.3) is 0 Å². The molecule has 1 heterocycles. The van der Waals surface area contributed by atoms with E-state index in [4.69, 9.17) is 0 Å². The molecule has 0 bridgehead atoms. The summed E-state index contributed by atoms with van der Waals surface area (Å²) < 4.78 is 2.61. The fourth-order valence-electron chi connectivity index (χ4n) is 9.83. The predicted molar refractivity (Wildman–Crippen MR) is 284 cm³/mol. The molecule has 0 amide bonds. The number of anilines is 3. The lowest BCUT2D eigenvalue weighted by molar-refractivity contribution is 1.28. The molecule has 0 N–H and O–H groups in total. The average Bonchev–Trinajstić information content (AvgIpc) is 3.79. The van der Waals surface area contributed by atoms with E-state index >= 15 is 0 Å². The Hall–Kier alpha value is -8.30. The first-order valence-electron chi connectivity index (χ1n) is 22.6. The van der Waals surface area contributed by atoms with Crippen LogP contribution < -0.4 is 4.90 Å². The van der Waals surface area contributed by atoms with Crippen LogP contribution in [0.2, 0.25) is 0 Å². The van der Waals surface area contributed by atoms with Gasteiger partial charge in [-0.15, -0.1) is 11.3 Å². The van der Waals surface area contributed by atoms with Crippen LogP contribution in [0.4, 0.5) is 17.1 Å². The number of thiophene rings is 1. The SMILES string of the molecule is c1ccc(-c2ccc(-c3ccc(N(c4cccc(-c5cccc6sc7ccccc7c56)c4)c4ccccc4-c4cccc5cccc(-c6ccccc6)c45)cc3)cc2-c2ccccc2)cc1. The molecular formula is C64H43NS. The summed E-state index contributed by atoms with van der Waals surface area (Å²) in [7, 11) is 0. The van der Waals surface area contributed by atoms with Crippen molar-refractivity contribution in [3.8, 4) is 66.8 Å². The molecule has 0 spiro atoms. The summed E-state index contributed by atoms with van der Waals surface area (Å²) in [4.78, 5) is 2.45. The van der Waals surface area contributed by atoms with Crippen molar-refractivity contribution >= 4 is 59.3 Å². The molecule has 0 aliphatic rings. The second kappa shape index (κ2) is 17.0. The van der Waals surface area contributed by atoms with Crippen LogP contribution in [0, 0.1) is 0 Å². The number of hydrogen-bond donors (Lipinski definition) is 0. The first-order chi connectivity index (χ1) is 32.7. The van der Waals surface area contributed by atoms with Crippen LogP contribution in [0.25, 0.3) is 97.7 Å². The molecule has 2 heteroatoms. The quantitative estimate of drug-likeness (QED) is 0.140. The molecule has 0 fully saturated rings. The molecular weight excluding hydrogens is 815 g/mol. The highest BCUT2D eigenvalue weighted by atomic mass is 32.1. The zero-order valence-corrected chi connectivity index (χ0v) is 37.0. The molecule has 1 nitrogen and oxygen atoms in total. The first-order valence-corrected chi connectivity index (χ1v) is 23.4. The number of nitrogens with zero attached hydrogens (tertiary/aromatic N) is 1. The van der Waals surface area contributed by atoms with Gasteiger partial charge in [-0.2, -0.15) is 0 Å². The number of rotatable bonds is 9. The van der Waals surface area contributed by atoms with E-state index in [2.05, 4.69) is 266 Å². The summed E-state index contributed by atoms with van der Waals surface area (Å²) >= 11 is 1.86. The van der Waals surface area contributed by atoms with Gasteiger partial charge in [-0.25, -0.2) is 0 Å². The van der Waals surface area contributed by atoms with Gasteiger partial charge in [0, 0.05) is 37.1 Å². The van der Waals surface area contributed by atoms with Crippen LogP contribution in [-0.4, -0.2) is 0 Å². The molecule has 0 saturated heterocycles. The molecule has 12 rings (SSSR count). The zero-order chi connectivity index (χ0) is 43.8. The molecule has 0 unspecified atom stereocenters. The van der Waals surface area contributed by atoms with Gasteiger partial charge < -0.3 is 4.90 Å². The average molecular weight is 858 g/mol. The maximum absolute atomic E-state index is 2.45. The van der Waals surface area contributed by atoms with E-state index in [0.29, 0.717) is 0 Å². The summed E-state index contributed by atoms with van der Waals surface area (Å²) in [6.45, 7) is 0. The van der Waals surface area contributed by atoms with E-state index in [9.17, 15) is 0 Å². The molecule has 310 valence electrons. The lowest BCUT2D eigenvalue weighted by atomic mass is 9.90. The van der Waals surface area contributed by atoms with Gasteiger partial charge in [0.2, 0.25) is 0 Å². The van der Waals surface area contributed by atoms with Gasteiger partial charge in [0.15, 0.2) is 0 Å². The van der Waals surface area contributed by atoms with Crippen LogP contribution in [0.3, 0.4) is 0 Å². The Bertz CT molecular complexity index is 3680. The molecule has 1 aromatic heterocycles. The second-order valence-electron chi connectivity index (χ2n) is 16.8. The van der Waals surface area contributed by atoms with Crippen molar-refractivity contribution in [3.05, 3.63) is 261 Å². The Kier molecular flexibility index (Phi) is 10.1. The van der Waals surface area contributed by atoms with Crippen LogP contribution in [0.1, 0.15) is 0 Å². The fraction of sp³-hybridized carbons (Fsp3) is 0. The Morgan fingerprint density at radius 1 is 0.258 bits per heavy atom. The molecule has 0 atom stereocenters. The molecule has 12 aromatic rings. The van der Waals surface area contributed by atoms with Gasteiger partial charge >= 0.3 is 0 Å². The van der Waals surface area contributed by atoms with E-state index in [1.54, 1.807) is 0 Å². The Morgan fingerprint density at radius 3 is 1.53 bits per heavy atom. The Labute approximate surface area is 389 Å². The third kappa shape index (κ3) is 7.15. The smallest absolute Gasteiger partial charge is 0.0540 e. The standard InChI is InChI=1S/C64H43NS/c1-4-18-45(19-5-1)53-41-38-49(43-59(53)47-22-8-3-9-23-47)44-36-39-51(40-37-44)65(52-27-14-26-50(42-52)55-31-17-35-62-64(55)58-29-11-13-34-61(58)66-62)60-33-12-10-28-56(60)57-32-16-25-48-24-15-30-54(63(48)57)46-20-6-2-7-21-46/h1-43H. The minimum absolute atomic E-state index is 1.08. The minimum atomic E-state index is 1.08. The van der Waals surface area contributed by atoms with Crippen molar-refractivity contribution in [1.82, 2.24) is 0 Å². The van der Waals surface area contributed by atoms with Gasteiger partial charge in [0.1, 0.15) is 0 Å². The van der Waals surface area contributed by atoms with Crippen LogP contribution >= 0.6 is 11.3 Å². The van der Waals surface area contributed by atoms with Crippen LogP contribution in [-0.2, 0) is 0 Å². The van der Waals surface area contributed by atoms with Gasteiger partial charge in [-0.3, -0.25) is 0 Å². The van der Waals surface area contributed by atoms with Crippen molar-refractivity contribution in [2.75, 3.05) is 4.90 Å². The van der Waals surface area contributed by atoms with Crippen molar-refractivity contribution in [3.63, 3.8) is 0 Å². The van der Waals surface area contributed by atoms with Crippen LogP contribution in [0.15, 0.2) is 261 Å². The van der Waals surface area contributed by atoms with Gasteiger partial charge in [-0.1, -0.05) is 212 Å². The lowest BCUT2D eigenvalue weighted by Crippen LogP contribution is -2.11. The topological polar surface area (TPSA) is 3.24 Å². The first kappa shape index (κ1) is 39.3. The Balaban J connectivity index is 1.04. The largest absolute Gasteiger partial charge is 0.310 e. The highest BCUT2D eigenvalue weighted by molar-refractivity contribution is 7.25. The van der Waals surface area contributed by atoms with Crippen molar-refractivity contribution in [2.24, 2.45) is 0 Å². The lowest BCUT2D eigenvalue weighted by Gasteiger charge is -2.29. The zero-order valence-electron chi connectivity index (χ0n) is 36.2. The fourth-order valence-corrected chi connectivity index (χ4v) is 11.0. The third-order valence-electron chi connectivity index (χ3n) is 12.9. The van der Waals surface area contributed by atoms with Crippen LogP contribution in [0.5, 0.6) is 0 Å². The number of hydrogen-bond acceptors (Lipinski definition) is 2. The number of benzene rings is 11. The summed E-state index contributed by atoms with van der Waals surface area (Å²) in [5.74, 6) is 0. The van der Waals surface area contributed by atoms with E-state index in [-0.39, 0.29) is 0 Å².